The molecule has 5 heteroatoms. The monoisotopic (exact) mass is 434 g/mol. The van der Waals surface area contributed by atoms with Crippen LogP contribution in [0, 0.1) is 17.8 Å². The number of nitrogens with zero attached hydrogens (tertiary/aromatic N) is 4. The maximum Gasteiger partial charge on any atom is 0.274 e. The van der Waals surface area contributed by atoms with E-state index in [2.05, 4.69) is 26.8 Å². The van der Waals surface area contributed by atoms with Crippen LogP contribution >= 0.6 is 0 Å². The van der Waals surface area contributed by atoms with Gasteiger partial charge in [0.05, 0.1) is 11.4 Å². The second-order valence-electron chi connectivity index (χ2n) is 12.5. The number of carbonyl (C=O) groups is 1. The lowest BCUT2D eigenvalue weighted by Crippen LogP contribution is -2.49. The Kier molecular flexibility index (Phi) is 4.71. The standard InChI is InChI=1S/C27H38N4O/c1-26(2,3)23-14-22(27-15-18-10-19(16-27)12-20(11-18)17-27)28-24-13-21(29-31(23)24)25(32)30-8-6-4-5-7-9-30/h13-14,18-20H,4-12,15-17H2,1-3H3. The van der Waals surface area contributed by atoms with E-state index in [4.69, 9.17) is 10.1 Å². The van der Waals surface area contributed by atoms with Gasteiger partial charge in [-0.3, -0.25) is 4.79 Å². The van der Waals surface area contributed by atoms with Crippen molar-refractivity contribution in [1.82, 2.24) is 19.5 Å². The summed E-state index contributed by atoms with van der Waals surface area (Å²) in [5, 5.41) is 4.84. The smallest absolute Gasteiger partial charge is 0.274 e. The van der Waals surface area contributed by atoms with Crippen LogP contribution in [0.15, 0.2) is 12.1 Å². The molecule has 1 aliphatic heterocycles. The summed E-state index contributed by atoms with van der Waals surface area (Å²) >= 11 is 0. The maximum atomic E-state index is 13.3. The normalized spacial score (nSPS) is 32.5. The number of hydrogen-bond donors (Lipinski definition) is 0. The van der Waals surface area contributed by atoms with Crippen LogP contribution in [0.1, 0.15) is 107 Å². The SMILES string of the molecule is CC(C)(C)c1cc(C23CC4CC(CC(C4)C2)C3)nc2cc(C(=O)N3CCCCCC3)nn12. The van der Waals surface area contributed by atoms with Crippen molar-refractivity contribution in [2.45, 2.75) is 95.8 Å². The zero-order chi connectivity index (χ0) is 22.1. The number of rotatable bonds is 2. The molecule has 0 unspecified atom stereocenters. The van der Waals surface area contributed by atoms with Gasteiger partial charge >= 0.3 is 0 Å². The minimum atomic E-state index is -0.0623. The average molecular weight is 435 g/mol. The summed E-state index contributed by atoms with van der Waals surface area (Å²) in [6.45, 7) is 8.46. The lowest BCUT2D eigenvalue weighted by Gasteiger charge is -2.56. The molecule has 172 valence electrons. The van der Waals surface area contributed by atoms with Gasteiger partial charge in [0.15, 0.2) is 11.3 Å². The molecule has 3 heterocycles. The molecule has 1 amide bonds. The predicted molar refractivity (Wildman–Crippen MR) is 126 cm³/mol. The molecule has 0 spiro atoms. The number of fused-ring (bicyclic) bond motifs is 1. The van der Waals surface area contributed by atoms with Crippen molar-refractivity contribution >= 4 is 11.6 Å². The quantitative estimate of drug-likeness (QED) is 0.626. The Bertz CT molecular complexity index is 1000. The molecule has 5 aliphatic rings. The number of likely N-dealkylation sites (tertiary alicyclic amines) is 1. The van der Waals surface area contributed by atoms with Crippen molar-refractivity contribution in [3.63, 3.8) is 0 Å². The van der Waals surface area contributed by atoms with Gasteiger partial charge in [0.25, 0.3) is 5.91 Å². The molecule has 2 aromatic rings. The highest BCUT2D eigenvalue weighted by Gasteiger charge is 2.52. The summed E-state index contributed by atoms with van der Waals surface area (Å²) in [4.78, 5) is 20.6. The molecular weight excluding hydrogens is 396 g/mol. The molecule has 0 radical (unpaired) electrons. The molecule has 0 aromatic carbocycles. The first-order valence-electron chi connectivity index (χ1n) is 13.0. The van der Waals surface area contributed by atoms with Gasteiger partial charge in [0.1, 0.15) is 0 Å². The first-order valence-corrected chi connectivity index (χ1v) is 13.0. The van der Waals surface area contributed by atoms with E-state index in [-0.39, 0.29) is 16.7 Å². The fourth-order valence-corrected chi connectivity index (χ4v) is 7.75. The minimum absolute atomic E-state index is 0.0623. The van der Waals surface area contributed by atoms with Crippen LogP contribution in [-0.4, -0.2) is 38.5 Å². The van der Waals surface area contributed by atoms with Gasteiger partial charge in [-0.25, -0.2) is 9.50 Å². The van der Waals surface area contributed by atoms with Crippen molar-refractivity contribution in [2.75, 3.05) is 13.1 Å². The Labute approximate surface area is 192 Å². The van der Waals surface area contributed by atoms with Crippen LogP contribution in [0.25, 0.3) is 5.65 Å². The van der Waals surface area contributed by atoms with E-state index in [1.165, 1.54) is 62.8 Å². The Morgan fingerprint density at radius 2 is 1.53 bits per heavy atom. The van der Waals surface area contributed by atoms with E-state index in [0.717, 1.165) is 49.3 Å². The van der Waals surface area contributed by atoms with E-state index in [1.807, 2.05) is 15.5 Å². The largest absolute Gasteiger partial charge is 0.337 e. The molecule has 4 aliphatic carbocycles. The third-order valence-electron chi connectivity index (χ3n) is 8.89. The van der Waals surface area contributed by atoms with E-state index >= 15 is 0 Å². The number of hydrogen-bond acceptors (Lipinski definition) is 3. The third-order valence-corrected chi connectivity index (χ3v) is 8.89. The van der Waals surface area contributed by atoms with Gasteiger partial charge in [0, 0.05) is 30.0 Å². The molecule has 1 saturated heterocycles. The number of amides is 1. The first-order chi connectivity index (χ1) is 15.3. The van der Waals surface area contributed by atoms with Gasteiger partial charge in [-0.1, -0.05) is 33.6 Å². The number of carbonyl (C=O) groups excluding carboxylic acids is 1. The fourth-order valence-electron chi connectivity index (χ4n) is 7.75. The van der Waals surface area contributed by atoms with Crippen molar-refractivity contribution in [1.29, 1.82) is 0 Å². The molecule has 4 saturated carbocycles. The van der Waals surface area contributed by atoms with Gasteiger partial charge in [0.2, 0.25) is 0 Å². The zero-order valence-electron chi connectivity index (χ0n) is 20.1. The summed E-state index contributed by atoms with van der Waals surface area (Å²) in [5.41, 5.74) is 4.07. The van der Waals surface area contributed by atoms with Gasteiger partial charge < -0.3 is 4.90 Å². The minimum Gasteiger partial charge on any atom is -0.337 e. The molecule has 0 N–H and O–H groups in total. The van der Waals surface area contributed by atoms with Gasteiger partial charge in [-0.15, -0.1) is 0 Å². The third kappa shape index (κ3) is 3.38. The number of aromatic nitrogens is 3. The Morgan fingerprint density at radius 3 is 2.09 bits per heavy atom. The highest BCUT2D eigenvalue weighted by Crippen LogP contribution is 2.60. The fraction of sp³-hybridized carbons (Fsp3) is 0.741. The first kappa shape index (κ1) is 20.7. The highest BCUT2D eigenvalue weighted by atomic mass is 16.2. The average Bonchev–Trinajstić information content (AvgIpc) is 2.97. The van der Waals surface area contributed by atoms with Crippen LogP contribution in [0.3, 0.4) is 0 Å². The van der Waals surface area contributed by atoms with E-state index in [0.29, 0.717) is 5.69 Å². The molecule has 5 fully saturated rings. The lowest BCUT2D eigenvalue weighted by molar-refractivity contribution is -0.00722. The highest BCUT2D eigenvalue weighted by molar-refractivity contribution is 5.93. The summed E-state index contributed by atoms with van der Waals surface area (Å²) < 4.78 is 1.97. The lowest BCUT2D eigenvalue weighted by atomic mass is 9.48. The van der Waals surface area contributed by atoms with E-state index in [9.17, 15) is 4.79 Å². The Hall–Kier alpha value is -1.91. The van der Waals surface area contributed by atoms with Crippen LogP contribution in [0.4, 0.5) is 0 Å². The molecule has 5 nitrogen and oxygen atoms in total. The maximum absolute atomic E-state index is 13.3. The zero-order valence-corrected chi connectivity index (χ0v) is 20.1. The predicted octanol–water partition coefficient (Wildman–Crippen LogP) is 5.51. The van der Waals surface area contributed by atoms with Crippen LogP contribution in [-0.2, 0) is 10.8 Å². The summed E-state index contributed by atoms with van der Waals surface area (Å²) in [6.07, 6.45) is 12.9. The Balaban J connectivity index is 1.43. The van der Waals surface area contributed by atoms with E-state index in [1.54, 1.807) is 0 Å². The summed E-state index contributed by atoms with van der Waals surface area (Å²) in [7, 11) is 0. The summed E-state index contributed by atoms with van der Waals surface area (Å²) in [5.74, 6) is 2.75. The summed E-state index contributed by atoms with van der Waals surface area (Å²) in [6, 6.07) is 4.32. The molecule has 2 aromatic heterocycles. The second-order valence-corrected chi connectivity index (χ2v) is 12.5. The topological polar surface area (TPSA) is 50.5 Å². The van der Waals surface area contributed by atoms with E-state index < -0.39 is 0 Å². The molecule has 32 heavy (non-hydrogen) atoms. The van der Waals surface area contributed by atoms with Crippen LogP contribution < -0.4 is 0 Å². The van der Waals surface area contributed by atoms with Crippen molar-refractivity contribution in [3.05, 3.63) is 29.2 Å². The van der Waals surface area contributed by atoms with Crippen molar-refractivity contribution in [2.24, 2.45) is 17.8 Å². The van der Waals surface area contributed by atoms with Crippen LogP contribution in [0.2, 0.25) is 0 Å². The van der Waals surface area contributed by atoms with Gasteiger partial charge in [-0.05, 0) is 75.2 Å². The Morgan fingerprint density at radius 1 is 0.938 bits per heavy atom. The molecule has 0 atom stereocenters. The molecule has 7 rings (SSSR count). The van der Waals surface area contributed by atoms with Crippen molar-refractivity contribution < 1.29 is 4.79 Å². The van der Waals surface area contributed by atoms with Crippen LogP contribution in [0.5, 0.6) is 0 Å². The molecule has 4 bridgehead atoms. The van der Waals surface area contributed by atoms with Gasteiger partial charge in [-0.2, -0.15) is 5.10 Å². The second kappa shape index (κ2) is 7.30. The van der Waals surface area contributed by atoms with Crippen molar-refractivity contribution in [3.8, 4) is 0 Å². The molecular formula is C27H38N4O.